The number of para-hydroxylation sites is 1. The Bertz CT molecular complexity index is 885. The summed E-state index contributed by atoms with van der Waals surface area (Å²) in [6.45, 7) is 0.667. The van der Waals surface area contributed by atoms with Crippen LogP contribution in [0.15, 0.2) is 72.9 Å². The van der Waals surface area contributed by atoms with Gasteiger partial charge in [-0.3, -0.25) is 4.79 Å². The van der Waals surface area contributed by atoms with Crippen LogP contribution in [-0.4, -0.2) is 21.9 Å². The number of nitrogens with zero attached hydrogens (tertiary/aromatic N) is 2. The Kier molecular flexibility index (Phi) is 4.02. The van der Waals surface area contributed by atoms with Crippen LogP contribution in [0.25, 0.3) is 0 Å². The number of hydrogen-bond donors (Lipinski definition) is 1. The zero-order chi connectivity index (χ0) is 17.2. The van der Waals surface area contributed by atoms with E-state index in [-0.39, 0.29) is 12.1 Å². The van der Waals surface area contributed by atoms with E-state index in [2.05, 4.69) is 28.1 Å². The standard InChI is InChI=1S/C21H21N3O/c1-23-14-7-12-19(23)20-22-18-11-6-5-10-17(18)21(25)24(20)15-13-16-8-3-2-4-9-16/h2-12,14,20,22H,13,15H2,1H3/t20-/m0/s1. The summed E-state index contributed by atoms with van der Waals surface area (Å²) < 4.78 is 2.06. The van der Waals surface area contributed by atoms with Crippen molar-refractivity contribution in [2.45, 2.75) is 12.6 Å². The number of benzene rings is 2. The SMILES string of the molecule is Cn1cccc1[C@H]1Nc2ccccc2C(=O)N1CCc1ccccc1. The highest BCUT2D eigenvalue weighted by molar-refractivity contribution is 6.01. The molecule has 0 bridgehead atoms. The van der Waals surface area contributed by atoms with E-state index in [1.807, 2.05) is 66.7 Å². The van der Waals surface area contributed by atoms with Gasteiger partial charge in [0.15, 0.2) is 0 Å². The topological polar surface area (TPSA) is 37.3 Å². The molecule has 0 saturated heterocycles. The predicted octanol–water partition coefficient (Wildman–Crippen LogP) is 3.83. The van der Waals surface area contributed by atoms with Crippen LogP contribution in [0.5, 0.6) is 0 Å². The van der Waals surface area contributed by atoms with E-state index in [4.69, 9.17) is 0 Å². The highest BCUT2D eigenvalue weighted by atomic mass is 16.2. The number of hydrogen-bond acceptors (Lipinski definition) is 2. The number of carbonyl (C=O) groups is 1. The lowest BCUT2D eigenvalue weighted by Gasteiger charge is -2.38. The zero-order valence-corrected chi connectivity index (χ0v) is 14.2. The number of amides is 1. The van der Waals surface area contributed by atoms with Gasteiger partial charge in [-0.2, -0.15) is 0 Å². The van der Waals surface area contributed by atoms with Gasteiger partial charge in [-0.25, -0.2) is 0 Å². The van der Waals surface area contributed by atoms with Gasteiger partial charge in [-0.15, -0.1) is 0 Å². The predicted molar refractivity (Wildman–Crippen MR) is 99.4 cm³/mol. The molecule has 1 aliphatic heterocycles. The first kappa shape index (κ1) is 15.5. The summed E-state index contributed by atoms with van der Waals surface area (Å²) in [6.07, 6.45) is 2.68. The number of carbonyl (C=O) groups excluding carboxylic acids is 1. The highest BCUT2D eigenvalue weighted by Crippen LogP contribution is 2.33. The maximum atomic E-state index is 13.1. The van der Waals surface area contributed by atoms with Crippen LogP contribution < -0.4 is 5.32 Å². The van der Waals surface area contributed by atoms with Gasteiger partial charge in [0.05, 0.1) is 11.3 Å². The Morgan fingerprint density at radius 2 is 1.72 bits per heavy atom. The number of aromatic nitrogens is 1. The fourth-order valence-electron chi connectivity index (χ4n) is 3.41. The van der Waals surface area contributed by atoms with Crippen molar-refractivity contribution in [2.75, 3.05) is 11.9 Å². The number of aryl methyl sites for hydroxylation is 1. The maximum Gasteiger partial charge on any atom is 0.257 e. The number of anilines is 1. The van der Waals surface area contributed by atoms with E-state index in [1.54, 1.807) is 0 Å². The van der Waals surface area contributed by atoms with E-state index in [0.717, 1.165) is 23.4 Å². The van der Waals surface area contributed by atoms with Crippen LogP contribution >= 0.6 is 0 Å². The average molecular weight is 331 g/mol. The summed E-state index contributed by atoms with van der Waals surface area (Å²) in [5, 5.41) is 3.54. The molecule has 1 aliphatic rings. The fourth-order valence-corrected chi connectivity index (χ4v) is 3.41. The second-order valence-electron chi connectivity index (χ2n) is 6.37. The Balaban J connectivity index is 1.67. The third-order valence-electron chi connectivity index (χ3n) is 4.77. The minimum Gasteiger partial charge on any atom is -0.360 e. The molecule has 0 saturated carbocycles. The highest BCUT2D eigenvalue weighted by Gasteiger charge is 2.33. The molecule has 0 aliphatic carbocycles. The molecule has 25 heavy (non-hydrogen) atoms. The minimum absolute atomic E-state index is 0.0801. The van der Waals surface area contributed by atoms with Crippen LogP contribution in [0.4, 0.5) is 5.69 Å². The summed E-state index contributed by atoms with van der Waals surface area (Å²) in [4.78, 5) is 15.1. The minimum atomic E-state index is -0.161. The Morgan fingerprint density at radius 3 is 2.48 bits per heavy atom. The van der Waals surface area contributed by atoms with Gasteiger partial charge in [0.2, 0.25) is 0 Å². The van der Waals surface area contributed by atoms with Crippen LogP contribution in [0, 0.1) is 0 Å². The summed E-state index contributed by atoms with van der Waals surface area (Å²) in [7, 11) is 2.01. The third kappa shape index (κ3) is 2.91. The first-order valence-corrected chi connectivity index (χ1v) is 8.56. The van der Waals surface area contributed by atoms with Crippen molar-refractivity contribution < 1.29 is 4.79 Å². The first-order chi connectivity index (χ1) is 12.2. The van der Waals surface area contributed by atoms with Crippen LogP contribution in [0.3, 0.4) is 0 Å². The van der Waals surface area contributed by atoms with Crippen LogP contribution in [-0.2, 0) is 13.5 Å². The van der Waals surface area contributed by atoms with Crippen molar-refractivity contribution >= 4 is 11.6 Å². The lowest BCUT2D eigenvalue weighted by Crippen LogP contribution is -2.44. The molecule has 0 unspecified atom stereocenters. The number of fused-ring (bicyclic) bond motifs is 1. The first-order valence-electron chi connectivity index (χ1n) is 8.56. The van der Waals surface area contributed by atoms with Crippen molar-refractivity contribution in [1.82, 2.24) is 9.47 Å². The summed E-state index contributed by atoms with van der Waals surface area (Å²) in [5.41, 5.74) is 3.95. The average Bonchev–Trinajstić information content (AvgIpc) is 3.07. The molecular weight excluding hydrogens is 310 g/mol. The Labute approximate surface area is 147 Å². The molecule has 4 nitrogen and oxygen atoms in total. The quantitative estimate of drug-likeness (QED) is 0.789. The largest absolute Gasteiger partial charge is 0.360 e. The molecule has 126 valence electrons. The summed E-state index contributed by atoms with van der Waals surface area (Å²) >= 11 is 0. The van der Waals surface area contributed by atoms with Crippen molar-refractivity contribution in [3.63, 3.8) is 0 Å². The van der Waals surface area contributed by atoms with Crippen molar-refractivity contribution in [3.05, 3.63) is 89.7 Å². The Hall–Kier alpha value is -3.01. The zero-order valence-electron chi connectivity index (χ0n) is 14.2. The van der Waals surface area contributed by atoms with Crippen molar-refractivity contribution in [3.8, 4) is 0 Å². The van der Waals surface area contributed by atoms with Crippen LogP contribution in [0.1, 0.15) is 27.8 Å². The Morgan fingerprint density at radius 1 is 0.960 bits per heavy atom. The fraction of sp³-hybridized carbons (Fsp3) is 0.190. The monoisotopic (exact) mass is 331 g/mol. The molecule has 1 aromatic heterocycles. The lowest BCUT2D eigenvalue weighted by atomic mass is 10.0. The maximum absolute atomic E-state index is 13.1. The van der Waals surface area contributed by atoms with Crippen molar-refractivity contribution in [1.29, 1.82) is 0 Å². The molecule has 0 spiro atoms. The number of rotatable bonds is 4. The molecular formula is C21H21N3O. The van der Waals surface area contributed by atoms with E-state index in [1.165, 1.54) is 5.56 Å². The van der Waals surface area contributed by atoms with Crippen LogP contribution in [0.2, 0.25) is 0 Å². The third-order valence-corrected chi connectivity index (χ3v) is 4.77. The summed E-state index contributed by atoms with van der Waals surface area (Å²) in [6, 6.07) is 22.1. The van der Waals surface area contributed by atoms with Gasteiger partial charge >= 0.3 is 0 Å². The number of nitrogens with one attached hydrogen (secondary N) is 1. The molecule has 1 N–H and O–H groups in total. The van der Waals surface area contributed by atoms with Gasteiger partial charge in [0, 0.05) is 25.5 Å². The molecule has 1 atom stereocenters. The molecule has 4 heteroatoms. The van der Waals surface area contributed by atoms with E-state index in [9.17, 15) is 4.79 Å². The van der Waals surface area contributed by atoms with E-state index >= 15 is 0 Å². The van der Waals surface area contributed by atoms with Crippen molar-refractivity contribution in [2.24, 2.45) is 7.05 Å². The van der Waals surface area contributed by atoms with E-state index < -0.39 is 0 Å². The second-order valence-corrected chi connectivity index (χ2v) is 6.37. The molecule has 4 rings (SSSR count). The molecule has 3 aromatic rings. The smallest absolute Gasteiger partial charge is 0.257 e. The molecule has 0 fully saturated rings. The van der Waals surface area contributed by atoms with Gasteiger partial charge in [-0.05, 0) is 36.2 Å². The van der Waals surface area contributed by atoms with E-state index in [0.29, 0.717) is 6.54 Å². The second kappa shape index (κ2) is 6.48. The molecule has 0 radical (unpaired) electrons. The molecule has 2 aromatic carbocycles. The van der Waals surface area contributed by atoms with Gasteiger partial charge in [-0.1, -0.05) is 42.5 Å². The summed E-state index contributed by atoms with van der Waals surface area (Å²) in [5.74, 6) is 0.0801. The van der Waals surface area contributed by atoms with Gasteiger partial charge < -0.3 is 14.8 Å². The lowest BCUT2D eigenvalue weighted by molar-refractivity contribution is 0.0680. The normalized spacial score (nSPS) is 16.4. The van der Waals surface area contributed by atoms with Gasteiger partial charge in [0.1, 0.15) is 6.17 Å². The molecule has 2 heterocycles. The molecule has 1 amide bonds. The van der Waals surface area contributed by atoms with Gasteiger partial charge in [0.25, 0.3) is 5.91 Å².